The van der Waals surface area contributed by atoms with Crippen molar-refractivity contribution in [1.29, 1.82) is 0 Å². The van der Waals surface area contributed by atoms with Crippen LogP contribution in [0.1, 0.15) is 52.4 Å². The van der Waals surface area contributed by atoms with Crippen LogP contribution in [-0.2, 0) is 0 Å². The summed E-state index contributed by atoms with van der Waals surface area (Å²) in [6, 6.07) is 0.804. The molecular formula is C12H27NO. The summed E-state index contributed by atoms with van der Waals surface area (Å²) in [5.41, 5.74) is 0. The molecule has 1 aliphatic rings. The molecule has 2 nitrogen and oxygen atoms in total. The average Bonchev–Trinajstić information content (AvgIpc) is 2.21. The third kappa shape index (κ3) is 6.39. The van der Waals surface area contributed by atoms with E-state index in [0.717, 1.165) is 24.8 Å². The highest BCUT2D eigenvalue weighted by molar-refractivity contribution is 4.75. The predicted molar refractivity (Wildman–Crippen MR) is 62.5 cm³/mol. The van der Waals surface area contributed by atoms with E-state index in [0.29, 0.717) is 6.61 Å². The molecule has 0 saturated heterocycles. The summed E-state index contributed by atoms with van der Waals surface area (Å²) >= 11 is 0. The van der Waals surface area contributed by atoms with Gasteiger partial charge >= 0.3 is 0 Å². The number of rotatable bonds is 3. The summed E-state index contributed by atoms with van der Waals surface area (Å²) in [5, 5.41) is 11.4. The Morgan fingerprint density at radius 2 is 1.93 bits per heavy atom. The molecule has 86 valence electrons. The van der Waals surface area contributed by atoms with Gasteiger partial charge in [0.15, 0.2) is 0 Å². The highest BCUT2D eigenvalue weighted by Gasteiger charge is 2.18. The first-order chi connectivity index (χ1) is 6.76. The second kappa shape index (κ2) is 9.47. The number of hydrogen-bond donors (Lipinski definition) is 2. The van der Waals surface area contributed by atoms with Crippen LogP contribution in [0.15, 0.2) is 0 Å². The van der Waals surface area contributed by atoms with Crippen molar-refractivity contribution >= 4 is 0 Å². The van der Waals surface area contributed by atoms with Gasteiger partial charge in [0.05, 0.1) is 0 Å². The first-order valence-corrected chi connectivity index (χ1v) is 6.04. The highest BCUT2D eigenvalue weighted by Crippen LogP contribution is 2.22. The third-order valence-electron chi connectivity index (χ3n) is 2.99. The molecule has 1 saturated carbocycles. The van der Waals surface area contributed by atoms with E-state index in [1.807, 2.05) is 0 Å². The van der Waals surface area contributed by atoms with E-state index in [-0.39, 0.29) is 0 Å². The van der Waals surface area contributed by atoms with Gasteiger partial charge in [-0.1, -0.05) is 33.1 Å². The Labute approximate surface area is 89.1 Å². The lowest BCUT2D eigenvalue weighted by Crippen LogP contribution is -2.34. The minimum atomic E-state index is 0.344. The van der Waals surface area contributed by atoms with Crippen LogP contribution in [0.2, 0.25) is 0 Å². The van der Waals surface area contributed by atoms with Crippen LogP contribution in [0, 0.1) is 5.92 Å². The van der Waals surface area contributed by atoms with E-state index in [1.54, 1.807) is 0 Å². The maximum absolute atomic E-state index is 8.07. The summed E-state index contributed by atoms with van der Waals surface area (Å²) in [7, 11) is 2.08. The maximum atomic E-state index is 8.07. The van der Waals surface area contributed by atoms with Gasteiger partial charge in [-0.05, 0) is 32.2 Å². The van der Waals surface area contributed by atoms with Crippen molar-refractivity contribution < 1.29 is 5.11 Å². The van der Waals surface area contributed by atoms with Gasteiger partial charge in [0.1, 0.15) is 0 Å². The van der Waals surface area contributed by atoms with Gasteiger partial charge in [-0.2, -0.15) is 0 Å². The Bertz CT molecular complexity index is 115. The normalized spacial score (nSPS) is 26.6. The summed E-state index contributed by atoms with van der Waals surface area (Å²) < 4.78 is 0. The first-order valence-electron chi connectivity index (χ1n) is 6.04. The summed E-state index contributed by atoms with van der Waals surface area (Å²) in [4.78, 5) is 0. The molecule has 0 aromatic heterocycles. The van der Waals surface area contributed by atoms with Crippen LogP contribution >= 0.6 is 0 Å². The Hall–Kier alpha value is -0.0800. The molecule has 1 fully saturated rings. The van der Waals surface area contributed by atoms with Crippen molar-refractivity contribution in [1.82, 2.24) is 5.32 Å². The molecule has 2 N–H and O–H groups in total. The molecule has 1 aliphatic carbocycles. The molecule has 0 heterocycles. The Balaban J connectivity index is 0.000000292. The zero-order valence-corrected chi connectivity index (χ0v) is 10.1. The van der Waals surface area contributed by atoms with Crippen molar-refractivity contribution in [2.75, 3.05) is 13.7 Å². The van der Waals surface area contributed by atoms with Gasteiger partial charge in [0.25, 0.3) is 0 Å². The van der Waals surface area contributed by atoms with E-state index in [2.05, 4.69) is 26.2 Å². The minimum absolute atomic E-state index is 0.344. The quantitative estimate of drug-likeness (QED) is 0.735. The number of nitrogens with one attached hydrogen (secondary N) is 1. The molecule has 0 amide bonds. The Morgan fingerprint density at radius 3 is 2.21 bits per heavy atom. The molecule has 0 aromatic carbocycles. The first kappa shape index (κ1) is 13.9. The van der Waals surface area contributed by atoms with Crippen LogP contribution in [-0.4, -0.2) is 24.8 Å². The molecule has 0 aliphatic heterocycles. The van der Waals surface area contributed by atoms with Gasteiger partial charge in [0.2, 0.25) is 0 Å². The molecule has 0 spiro atoms. The average molecular weight is 201 g/mol. The molecule has 1 rings (SSSR count). The zero-order valence-electron chi connectivity index (χ0n) is 10.1. The lowest BCUT2D eigenvalue weighted by Gasteiger charge is -2.27. The van der Waals surface area contributed by atoms with E-state index < -0.39 is 0 Å². The number of unbranched alkanes of at least 4 members (excludes halogenated alkanes) is 1. The fraction of sp³-hybridized carbons (Fsp3) is 1.00. The number of hydrogen-bond acceptors (Lipinski definition) is 2. The number of aliphatic hydroxyl groups is 1. The molecule has 2 heteroatoms. The predicted octanol–water partition coefficient (Wildman–Crippen LogP) is 2.56. The van der Waals surface area contributed by atoms with Gasteiger partial charge in [-0.15, -0.1) is 0 Å². The lowest BCUT2D eigenvalue weighted by molar-refractivity contribution is 0.287. The van der Waals surface area contributed by atoms with E-state index in [9.17, 15) is 0 Å². The highest BCUT2D eigenvalue weighted by atomic mass is 16.2. The molecule has 2 unspecified atom stereocenters. The minimum Gasteiger partial charge on any atom is -0.396 e. The van der Waals surface area contributed by atoms with Crippen molar-refractivity contribution in [3.05, 3.63) is 0 Å². The van der Waals surface area contributed by atoms with Gasteiger partial charge in [0, 0.05) is 12.6 Å². The van der Waals surface area contributed by atoms with Crippen LogP contribution in [0.3, 0.4) is 0 Å². The fourth-order valence-corrected chi connectivity index (χ4v) is 1.90. The monoisotopic (exact) mass is 201 g/mol. The topological polar surface area (TPSA) is 32.3 Å². The molecule has 0 aromatic rings. The van der Waals surface area contributed by atoms with Crippen molar-refractivity contribution in [3.8, 4) is 0 Å². The smallest absolute Gasteiger partial charge is 0.0430 e. The second-order valence-corrected chi connectivity index (χ2v) is 4.23. The Morgan fingerprint density at radius 1 is 1.29 bits per heavy atom. The second-order valence-electron chi connectivity index (χ2n) is 4.23. The van der Waals surface area contributed by atoms with Crippen LogP contribution in [0.25, 0.3) is 0 Å². The van der Waals surface area contributed by atoms with Crippen molar-refractivity contribution in [2.24, 2.45) is 5.92 Å². The zero-order chi connectivity index (χ0) is 10.8. The molecule has 0 radical (unpaired) electrons. The SMILES string of the molecule is CCCCO.CNC1CCCCC1C. The van der Waals surface area contributed by atoms with Crippen LogP contribution < -0.4 is 5.32 Å². The summed E-state index contributed by atoms with van der Waals surface area (Å²) in [6.07, 6.45) is 7.72. The number of aliphatic hydroxyl groups excluding tert-OH is 1. The third-order valence-corrected chi connectivity index (χ3v) is 2.99. The molecular weight excluding hydrogens is 174 g/mol. The standard InChI is InChI=1S/C8H17N.C4H10O/c1-7-5-3-4-6-8(7)9-2;1-2-3-4-5/h7-9H,3-6H2,1-2H3;5H,2-4H2,1H3. The maximum Gasteiger partial charge on any atom is 0.0430 e. The van der Waals surface area contributed by atoms with Crippen LogP contribution in [0.5, 0.6) is 0 Å². The fourth-order valence-electron chi connectivity index (χ4n) is 1.90. The van der Waals surface area contributed by atoms with Crippen LogP contribution in [0.4, 0.5) is 0 Å². The van der Waals surface area contributed by atoms with Gasteiger partial charge in [-0.3, -0.25) is 0 Å². The van der Waals surface area contributed by atoms with E-state index >= 15 is 0 Å². The molecule has 2 atom stereocenters. The lowest BCUT2D eigenvalue weighted by atomic mass is 9.86. The summed E-state index contributed by atoms with van der Waals surface area (Å²) in [6.45, 7) is 4.74. The molecule has 14 heavy (non-hydrogen) atoms. The Kier molecular flexibility index (Phi) is 9.42. The van der Waals surface area contributed by atoms with E-state index in [4.69, 9.17) is 5.11 Å². The molecule has 0 bridgehead atoms. The van der Waals surface area contributed by atoms with Crippen molar-refractivity contribution in [3.63, 3.8) is 0 Å². The van der Waals surface area contributed by atoms with Gasteiger partial charge in [-0.25, -0.2) is 0 Å². The van der Waals surface area contributed by atoms with Gasteiger partial charge < -0.3 is 10.4 Å². The van der Waals surface area contributed by atoms with Crippen molar-refractivity contribution in [2.45, 2.75) is 58.4 Å². The summed E-state index contributed by atoms with van der Waals surface area (Å²) in [5.74, 6) is 0.906. The largest absolute Gasteiger partial charge is 0.396 e. The van der Waals surface area contributed by atoms with E-state index in [1.165, 1.54) is 25.7 Å².